The van der Waals surface area contributed by atoms with Crippen molar-refractivity contribution in [1.29, 1.82) is 0 Å². The third-order valence-electron chi connectivity index (χ3n) is 2.18. The number of benzene rings is 1. The average Bonchev–Trinajstić information content (AvgIpc) is 2.61. The first-order valence-corrected chi connectivity index (χ1v) is 5.40. The van der Waals surface area contributed by atoms with Crippen LogP contribution in [0.15, 0.2) is 30.3 Å². The molecule has 14 heavy (non-hydrogen) atoms. The number of thiophene rings is 1. The van der Waals surface area contributed by atoms with Crippen LogP contribution in [0.2, 0.25) is 0 Å². The Balaban J connectivity index is 2.35. The van der Waals surface area contributed by atoms with Crippen LogP contribution in [0.1, 0.15) is 17.4 Å². The van der Waals surface area contributed by atoms with Crippen molar-refractivity contribution in [2.45, 2.75) is 12.5 Å². The van der Waals surface area contributed by atoms with Crippen molar-refractivity contribution < 1.29 is 10.2 Å². The van der Waals surface area contributed by atoms with Crippen molar-refractivity contribution in [1.82, 2.24) is 0 Å². The predicted molar refractivity (Wildman–Crippen MR) is 58.5 cm³/mol. The summed E-state index contributed by atoms with van der Waals surface area (Å²) in [6.45, 7) is 0.0232. The molecular weight excluding hydrogens is 196 g/mol. The van der Waals surface area contributed by atoms with Crippen molar-refractivity contribution in [2.24, 2.45) is 0 Å². The topological polar surface area (TPSA) is 40.5 Å². The van der Waals surface area contributed by atoms with Crippen LogP contribution in [0.3, 0.4) is 0 Å². The van der Waals surface area contributed by atoms with E-state index in [9.17, 15) is 5.11 Å². The van der Waals surface area contributed by atoms with Gasteiger partial charge in [-0.2, -0.15) is 0 Å². The smallest absolute Gasteiger partial charge is 0.0904 e. The maximum absolute atomic E-state index is 9.67. The molecule has 1 aromatic heterocycles. The average molecular weight is 208 g/mol. The van der Waals surface area contributed by atoms with E-state index in [0.717, 1.165) is 10.3 Å². The van der Waals surface area contributed by atoms with Gasteiger partial charge in [-0.3, -0.25) is 0 Å². The molecule has 0 aliphatic heterocycles. The molecular formula is C11H12O2S. The number of rotatable bonds is 3. The fraction of sp³-hybridized carbons (Fsp3) is 0.273. The zero-order valence-corrected chi connectivity index (χ0v) is 8.50. The molecule has 1 aromatic carbocycles. The Morgan fingerprint density at radius 3 is 2.79 bits per heavy atom. The van der Waals surface area contributed by atoms with Crippen molar-refractivity contribution >= 4 is 21.4 Å². The van der Waals surface area contributed by atoms with E-state index in [2.05, 4.69) is 0 Å². The van der Waals surface area contributed by atoms with Crippen molar-refractivity contribution in [2.75, 3.05) is 6.61 Å². The molecule has 0 aliphatic carbocycles. The Kier molecular flexibility index (Phi) is 2.82. The molecule has 3 heteroatoms. The predicted octanol–water partition coefficient (Wildman–Crippen LogP) is 2.32. The number of aliphatic hydroxyl groups is 2. The fourth-order valence-corrected chi connectivity index (χ4v) is 2.52. The third kappa shape index (κ3) is 1.80. The van der Waals surface area contributed by atoms with Gasteiger partial charge >= 0.3 is 0 Å². The largest absolute Gasteiger partial charge is 0.396 e. The van der Waals surface area contributed by atoms with Crippen LogP contribution in [0.4, 0.5) is 0 Å². The number of fused-ring (bicyclic) bond motifs is 1. The van der Waals surface area contributed by atoms with E-state index in [0.29, 0.717) is 6.42 Å². The summed E-state index contributed by atoms with van der Waals surface area (Å²) in [5.74, 6) is 0. The van der Waals surface area contributed by atoms with Gasteiger partial charge in [0.25, 0.3) is 0 Å². The third-order valence-corrected chi connectivity index (χ3v) is 3.39. The van der Waals surface area contributed by atoms with Gasteiger partial charge in [0.05, 0.1) is 6.10 Å². The SMILES string of the molecule is OCCC(O)c1cc2ccccc2s1. The summed E-state index contributed by atoms with van der Waals surface area (Å²) in [5.41, 5.74) is 0. The summed E-state index contributed by atoms with van der Waals surface area (Å²) in [7, 11) is 0. The Hall–Kier alpha value is -0.900. The monoisotopic (exact) mass is 208 g/mol. The minimum absolute atomic E-state index is 0.0232. The van der Waals surface area contributed by atoms with Crippen molar-refractivity contribution in [3.8, 4) is 0 Å². The van der Waals surface area contributed by atoms with Gasteiger partial charge in [-0.15, -0.1) is 11.3 Å². The molecule has 2 rings (SSSR count). The van der Waals surface area contributed by atoms with Crippen molar-refractivity contribution in [3.05, 3.63) is 35.2 Å². The van der Waals surface area contributed by atoms with E-state index in [1.54, 1.807) is 11.3 Å². The van der Waals surface area contributed by atoms with E-state index >= 15 is 0 Å². The van der Waals surface area contributed by atoms with E-state index in [4.69, 9.17) is 5.11 Å². The Labute approximate surface area is 86.4 Å². The molecule has 2 N–H and O–H groups in total. The maximum Gasteiger partial charge on any atom is 0.0904 e. The second-order valence-corrected chi connectivity index (χ2v) is 4.33. The van der Waals surface area contributed by atoms with E-state index in [1.807, 2.05) is 30.3 Å². The van der Waals surface area contributed by atoms with E-state index < -0.39 is 6.10 Å². The molecule has 1 atom stereocenters. The van der Waals surface area contributed by atoms with Crippen LogP contribution in [0, 0.1) is 0 Å². The van der Waals surface area contributed by atoms with Gasteiger partial charge in [-0.1, -0.05) is 18.2 Å². The lowest BCUT2D eigenvalue weighted by atomic mass is 10.2. The highest BCUT2D eigenvalue weighted by Gasteiger charge is 2.09. The highest BCUT2D eigenvalue weighted by molar-refractivity contribution is 7.19. The highest BCUT2D eigenvalue weighted by Crippen LogP contribution is 2.30. The van der Waals surface area contributed by atoms with E-state index in [1.165, 1.54) is 4.70 Å². The van der Waals surface area contributed by atoms with Gasteiger partial charge in [0, 0.05) is 22.6 Å². The lowest BCUT2D eigenvalue weighted by Crippen LogP contribution is -1.96. The molecule has 0 aliphatic rings. The molecule has 0 spiro atoms. The maximum atomic E-state index is 9.67. The standard InChI is InChI=1S/C11H12O2S/c12-6-5-9(13)11-7-8-3-1-2-4-10(8)14-11/h1-4,7,9,12-13H,5-6H2. The second-order valence-electron chi connectivity index (χ2n) is 3.21. The molecule has 0 fully saturated rings. The first-order valence-electron chi connectivity index (χ1n) is 4.58. The zero-order chi connectivity index (χ0) is 9.97. The van der Waals surface area contributed by atoms with Crippen LogP contribution in [0.25, 0.3) is 10.1 Å². The van der Waals surface area contributed by atoms with Gasteiger partial charge in [0.15, 0.2) is 0 Å². The first-order chi connectivity index (χ1) is 6.81. The highest BCUT2D eigenvalue weighted by atomic mass is 32.1. The molecule has 0 saturated carbocycles. The van der Waals surface area contributed by atoms with Crippen LogP contribution < -0.4 is 0 Å². The molecule has 0 saturated heterocycles. The molecule has 74 valence electrons. The number of aliphatic hydroxyl groups excluding tert-OH is 2. The Morgan fingerprint density at radius 1 is 1.29 bits per heavy atom. The molecule has 1 unspecified atom stereocenters. The molecule has 2 nitrogen and oxygen atoms in total. The van der Waals surface area contributed by atoms with Crippen LogP contribution >= 0.6 is 11.3 Å². The summed E-state index contributed by atoms with van der Waals surface area (Å²) < 4.78 is 1.18. The van der Waals surface area contributed by atoms with Crippen molar-refractivity contribution in [3.63, 3.8) is 0 Å². The van der Waals surface area contributed by atoms with E-state index in [-0.39, 0.29) is 6.61 Å². The summed E-state index contributed by atoms with van der Waals surface area (Å²) in [6, 6.07) is 10.0. The summed E-state index contributed by atoms with van der Waals surface area (Å²) in [4.78, 5) is 0.931. The minimum Gasteiger partial charge on any atom is -0.396 e. The second kappa shape index (κ2) is 4.09. The molecule has 2 aromatic rings. The van der Waals surface area contributed by atoms with Crippen LogP contribution in [-0.4, -0.2) is 16.8 Å². The normalized spacial score (nSPS) is 13.3. The minimum atomic E-state index is -0.530. The quantitative estimate of drug-likeness (QED) is 0.812. The number of hydrogen-bond acceptors (Lipinski definition) is 3. The lowest BCUT2D eigenvalue weighted by molar-refractivity contribution is 0.137. The van der Waals surface area contributed by atoms with Gasteiger partial charge in [-0.05, 0) is 17.5 Å². The first kappa shape index (κ1) is 9.65. The molecule has 0 radical (unpaired) electrons. The van der Waals surface area contributed by atoms with Gasteiger partial charge in [0.2, 0.25) is 0 Å². The molecule has 0 amide bonds. The lowest BCUT2D eigenvalue weighted by Gasteiger charge is -2.03. The zero-order valence-electron chi connectivity index (χ0n) is 7.68. The molecule has 0 bridgehead atoms. The Bertz CT molecular complexity index is 389. The summed E-state index contributed by atoms with van der Waals surface area (Å²) in [5, 5.41) is 19.5. The Morgan fingerprint density at radius 2 is 2.07 bits per heavy atom. The number of hydrogen-bond donors (Lipinski definition) is 2. The van der Waals surface area contributed by atoms with Gasteiger partial charge < -0.3 is 10.2 Å². The summed E-state index contributed by atoms with van der Waals surface area (Å²) >= 11 is 1.58. The van der Waals surface area contributed by atoms with Gasteiger partial charge in [-0.25, -0.2) is 0 Å². The molecule has 1 heterocycles. The van der Waals surface area contributed by atoms with Crippen LogP contribution in [-0.2, 0) is 0 Å². The van der Waals surface area contributed by atoms with Gasteiger partial charge in [0.1, 0.15) is 0 Å². The fourth-order valence-electron chi connectivity index (χ4n) is 1.43. The van der Waals surface area contributed by atoms with Crippen LogP contribution in [0.5, 0.6) is 0 Å². The summed E-state index contributed by atoms with van der Waals surface area (Å²) in [6.07, 6.45) is -0.121.